The maximum absolute atomic E-state index is 11.3. The van der Waals surface area contributed by atoms with E-state index in [1.165, 1.54) is 0 Å². The highest BCUT2D eigenvalue weighted by atomic mass is 16.7. The quantitative estimate of drug-likeness (QED) is 0.579. The maximum atomic E-state index is 11.3. The van der Waals surface area contributed by atoms with Crippen molar-refractivity contribution in [3.8, 4) is 0 Å². The van der Waals surface area contributed by atoms with Gasteiger partial charge in [0.15, 0.2) is 0 Å². The summed E-state index contributed by atoms with van der Waals surface area (Å²) >= 11 is 0. The SMILES string of the molecule is CCOC(=O)OC1CCCCC(OC(=O)OCC)C1. The van der Waals surface area contributed by atoms with Crippen molar-refractivity contribution in [2.75, 3.05) is 13.2 Å². The van der Waals surface area contributed by atoms with Gasteiger partial charge in [-0.25, -0.2) is 9.59 Å². The molecule has 1 aliphatic carbocycles. The number of rotatable bonds is 4. The third kappa shape index (κ3) is 6.31. The predicted molar refractivity (Wildman–Crippen MR) is 66.9 cm³/mol. The van der Waals surface area contributed by atoms with E-state index in [1.54, 1.807) is 13.8 Å². The summed E-state index contributed by atoms with van der Waals surface area (Å²) in [7, 11) is 0. The second-order valence-corrected chi connectivity index (χ2v) is 4.37. The fourth-order valence-corrected chi connectivity index (χ4v) is 2.06. The fourth-order valence-electron chi connectivity index (χ4n) is 2.06. The zero-order valence-electron chi connectivity index (χ0n) is 11.6. The Bertz CT molecular complexity index is 263. The van der Waals surface area contributed by atoms with Gasteiger partial charge in [0.1, 0.15) is 12.2 Å². The normalized spacial score (nSPS) is 23.1. The van der Waals surface area contributed by atoms with E-state index in [0.29, 0.717) is 6.42 Å². The standard InChI is InChI=1S/C13H22O6/c1-3-16-12(14)18-10-7-5-6-8-11(9-10)19-13(15)17-4-2/h10-11H,3-9H2,1-2H3. The molecule has 1 fully saturated rings. The van der Waals surface area contributed by atoms with Gasteiger partial charge in [-0.2, -0.15) is 0 Å². The van der Waals surface area contributed by atoms with E-state index in [0.717, 1.165) is 25.7 Å². The smallest absolute Gasteiger partial charge is 0.435 e. The lowest BCUT2D eigenvalue weighted by Gasteiger charge is -2.20. The molecule has 19 heavy (non-hydrogen) atoms. The fraction of sp³-hybridized carbons (Fsp3) is 0.846. The average molecular weight is 274 g/mol. The first-order valence-corrected chi connectivity index (χ1v) is 6.82. The van der Waals surface area contributed by atoms with Crippen molar-refractivity contribution in [3.05, 3.63) is 0 Å². The van der Waals surface area contributed by atoms with Gasteiger partial charge >= 0.3 is 12.3 Å². The second kappa shape index (κ2) is 8.61. The van der Waals surface area contributed by atoms with Gasteiger partial charge in [0.05, 0.1) is 13.2 Å². The number of hydrogen-bond donors (Lipinski definition) is 0. The summed E-state index contributed by atoms with van der Waals surface area (Å²) in [5, 5.41) is 0. The minimum atomic E-state index is -0.663. The van der Waals surface area contributed by atoms with Crippen LogP contribution >= 0.6 is 0 Å². The Morgan fingerprint density at radius 3 is 1.68 bits per heavy atom. The molecule has 2 atom stereocenters. The monoisotopic (exact) mass is 274 g/mol. The van der Waals surface area contributed by atoms with Gasteiger partial charge in [0.25, 0.3) is 0 Å². The predicted octanol–water partition coefficient (Wildman–Crippen LogP) is 3.03. The van der Waals surface area contributed by atoms with E-state index < -0.39 is 12.3 Å². The van der Waals surface area contributed by atoms with Gasteiger partial charge in [-0.05, 0) is 39.5 Å². The van der Waals surface area contributed by atoms with E-state index in [4.69, 9.17) is 18.9 Å². The van der Waals surface area contributed by atoms with Crippen LogP contribution in [0.15, 0.2) is 0 Å². The zero-order valence-corrected chi connectivity index (χ0v) is 11.6. The average Bonchev–Trinajstić information content (AvgIpc) is 2.55. The van der Waals surface area contributed by atoms with Gasteiger partial charge < -0.3 is 18.9 Å². The zero-order chi connectivity index (χ0) is 14.1. The van der Waals surface area contributed by atoms with E-state index >= 15 is 0 Å². The van der Waals surface area contributed by atoms with Crippen LogP contribution in [0.3, 0.4) is 0 Å². The molecule has 0 bridgehead atoms. The van der Waals surface area contributed by atoms with E-state index in [2.05, 4.69) is 0 Å². The molecule has 0 aromatic carbocycles. The molecule has 2 unspecified atom stereocenters. The number of hydrogen-bond acceptors (Lipinski definition) is 6. The summed E-state index contributed by atoms with van der Waals surface area (Å²) < 4.78 is 19.9. The molecule has 0 amide bonds. The molecule has 0 aliphatic heterocycles. The highest BCUT2D eigenvalue weighted by Crippen LogP contribution is 2.23. The largest absolute Gasteiger partial charge is 0.508 e. The molecule has 0 saturated heterocycles. The topological polar surface area (TPSA) is 71.1 Å². The van der Waals surface area contributed by atoms with Gasteiger partial charge in [-0.3, -0.25) is 0 Å². The molecule has 0 aromatic rings. The Morgan fingerprint density at radius 1 is 0.895 bits per heavy atom. The van der Waals surface area contributed by atoms with Gasteiger partial charge in [-0.15, -0.1) is 0 Å². The molecule has 1 saturated carbocycles. The number of ether oxygens (including phenoxy) is 4. The van der Waals surface area contributed by atoms with Crippen LogP contribution in [0.5, 0.6) is 0 Å². The summed E-state index contributed by atoms with van der Waals surface area (Å²) in [6.07, 6.45) is 2.05. The molecule has 1 rings (SSSR count). The van der Waals surface area contributed by atoms with Crippen molar-refractivity contribution in [2.24, 2.45) is 0 Å². The Hall–Kier alpha value is -1.46. The first kappa shape index (κ1) is 15.6. The Balaban J connectivity index is 2.41. The maximum Gasteiger partial charge on any atom is 0.508 e. The molecular formula is C13H22O6. The van der Waals surface area contributed by atoms with Crippen LogP contribution in [0.4, 0.5) is 9.59 Å². The highest BCUT2D eigenvalue weighted by Gasteiger charge is 2.26. The lowest BCUT2D eigenvalue weighted by molar-refractivity contribution is -0.0118. The van der Waals surface area contributed by atoms with Gasteiger partial charge in [-0.1, -0.05) is 0 Å². The summed E-state index contributed by atoms with van der Waals surface area (Å²) in [6.45, 7) is 4.02. The minimum absolute atomic E-state index is 0.263. The number of carbonyl (C=O) groups excluding carboxylic acids is 2. The van der Waals surface area contributed by atoms with Crippen LogP contribution in [-0.2, 0) is 18.9 Å². The molecule has 6 heteroatoms. The van der Waals surface area contributed by atoms with Crippen molar-refractivity contribution in [3.63, 3.8) is 0 Å². The Labute approximate surface area is 113 Å². The highest BCUT2D eigenvalue weighted by molar-refractivity contribution is 5.60. The minimum Gasteiger partial charge on any atom is -0.435 e. The molecule has 6 nitrogen and oxygen atoms in total. The van der Waals surface area contributed by atoms with Crippen LogP contribution in [0.25, 0.3) is 0 Å². The molecule has 0 heterocycles. The third-order valence-corrected chi connectivity index (χ3v) is 2.88. The first-order chi connectivity index (χ1) is 9.15. The first-order valence-electron chi connectivity index (χ1n) is 6.82. The summed E-state index contributed by atoms with van der Waals surface area (Å²) in [5.41, 5.74) is 0. The molecule has 0 spiro atoms. The molecule has 1 aliphatic rings. The summed E-state index contributed by atoms with van der Waals surface area (Å²) in [5.74, 6) is 0. The van der Waals surface area contributed by atoms with Crippen LogP contribution in [0.2, 0.25) is 0 Å². The van der Waals surface area contributed by atoms with Gasteiger partial charge in [0.2, 0.25) is 0 Å². The lowest BCUT2D eigenvalue weighted by Crippen LogP contribution is -2.26. The van der Waals surface area contributed by atoms with E-state index in [1.807, 2.05) is 0 Å². The molecule has 0 radical (unpaired) electrons. The summed E-state index contributed by atoms with van der Waals surface area (Å²) in [4.78, 5) is 22.6. The molecular weight excluding hydrogens is 252 g/mol. The van der Waals surface area contributed by atoms with Crippen LogP contribution in [0.1, 0.15) is 46.0 Å². The van der Waals surface area contributed by atoms with Crippen molar-refractivity contribution < 1.29 is 28.5 Å². The molecule has 0 N–H and O–H groups in total. The van der Waals surface area contributed by atoms with Crippen molar-refractivity contribution in [1.82, 2.24) is 0 Å². The van der Waals surface area contributed by atoms with Crippen LogP contribution in [0, 0.1) is 0 Å². The molecule has 0 aromatic heterocycles. The summed E-state index contributed by atoms with van der Waals surface area (Å²) in [6, 6.07) is 0. The Kier molecular flexibility index (Phi) is 7.07. The Morgan fingerprint density at radius 2 is 1.32 bits per heavy atom. The lowest BCUT2D eigenvalue weighted by atomic mass is 10.1. The van der Waals surface area contributed by atoms with Crippen molar-refractivity contribution >= 4 is 12.3 Å². The van der Waals surface area contributed by atoms with E-state index in [9.17, 15) is 9.59 Å². The van der Waals surface area contributed by atoms with Crippen LogP contribution < -0.4 is 0 Å². The number of carbonyl (C=O) groups is 2. The van der Waals surface area contributed by atoms with Crippen molar-refractivity contribution in [1.29, 1.82) is 0 Å². The third-order valence-electron chi connectivity index (χ3n) is 2.88. The van der Waals surface area contributed by atoms with E-state index in [-0.39, 0.29) is 25.4 Å². The second-order valence-electron chi connectivity index (χ2n) is 4.37. The van der Waals surface area contributed by atoms with Gasteiger partial charge in [0, 0.05) is 6.42 Å². The van der Waals surface area contributed by atoms with Crippen LogP contribution in [-0.4, -0.2) is 37.7 Å². The molecule has 110 valence electrons. The van der Waals surface area contributed by atoms with Crippen molar-refractivity contribution in [2.45, 2.75) is 58.2 Å².